The van der Waals surface area contributed by atoms with Crippen LogP contribution < -0.4 is 10.1 Å². The van der Waals surface area contributed by atoms with Gasteiger partial charge in [0.05, 0.1) is 11.2 Å². The lowest BCUT2D eigenvalue weighted by Gasteiger charge is -2.15. The number of carbonyl (C=O) groups excluding carboxylic acids is 1. The average molecular weight is 384 g/mol. The topological polar surface area (TPSA) is 54.1 Å². The number of fused-ring (bicyclic) bond motifs is 3. The summed E-state index contributed by atoms with van der Waals surface area (Å²) < 4.78 is 45.6. The molecule has 142 valence electrons. The molecule has 0 fully saturated rings. The van der Waals surface area contributed by atoms with Crippen LogP contribution in [0.15, 0.2) is 54.6 Å². The first-order chi connectivity index (χ1) is 13.4. The number of ether oxygens (including phenoxy) is 1. The van der Waals surface area contributed by atoms with Crippen molar-refractivity contribution < 1.29 is 22.7 Å². The number of benzene rings is 3. The molecule has 7 heteroatoms. The zero-order valence-corrected chi connectivity index (χ0v) is 14.7. The molecule has 0 aliphatic heterocycles. The van der Waals surface area contributed by atoms with Gasteiger partial charge >= 0.3 is 0 Å². The Hall–Kier alpha value is -3.48. The van der Waals surface area contributed by atoms with Crippen molar-refractivity contribution in [3.05, 3.63) is 72.0 Å². The van der Waals surface area contributed by atoms with Crippen LogP contribution in [0.5, 0.6) is 5.75 Å². The lowest BCUT2D eigenvalue weighted by Crippen LogP contribution is -2.30. The molecule has 1 heterocycles. The van der Waals surface area contributed by atoms with Gasteiger partial charge < -0.3 is 15.0 Å². The van der Waals surface area contributed by atoms with Gasteiger partial charge in [-0.2, -0.15) is 0 Å². The van der Waals surface area contributed by atoms with Crippen molar-refractivity contribution in [2.24, 2.45) is 0 Å². The van der Waals surface area contributed by atoms with Crippen molar-refractivity contribution >= 4 is 33.4 Å². The zero-order chi connectivity index (χ0) is 19.8. The van der Waals surface area contributed by atoms with Crippen LogP contribution in [0, 0.1) is 17.5 Å². The summed E-state index contributed by atoms with van der Waals surface area (Å²) in [5.74, 6) is -4.68. The van der Waals surface area contributed by atoms with Gasteiger partial charge in [-0.3, -0.25) is 4.79 Å². The number of rotatable bonds is 4. The minimum atomic E-state index is -1.64. The summed E-state index contributed by atoms with van der Waals surface area (Å²) in [6, 6.07) is 14.9. The number of halogens is 3. The molecule has 2 N–H and O–H groups in total. The lowest BCUT2D eigenvalue weighted by atomic mass is 10.1. The highest BCUT2D eigenvalue weighted by Crippen LogP contribution is 2.28. The normalized spacial score (nSPS) is 12.3. The number of aromatic amines is 1. The molecule has 1 amide bonds. The van der Waals surface area contributed by atoms with E-state index in [1.807, 2.05) is 30.3 Å². The van der Waals surface area contributed by atoms with Gasteiger partial charge in [0, 0.05) is 22.4 Å². The second-order valence-corrected chi connectivity index (χ2v) is 6.35. The van der Waals surface area contributed by atoms with Crippen molar-refractivity contribution in [2.45, 2.75) is 13.0 Å². The molecule has 0 radical (unpaired) electrons. The highest BCUT2D eigenvalue weighted by molar-refractivity contribution is 6.07. The molecule has 4 nitrogen and oxygen atoms in total. The molecule has 1 aromatic heterocycles. The fourth-order valence-corrected chi connectivity index (χ4v) is 3.02. The number of hydrogen-bond donors (Lipinski definition) is 2. The summed E-state index contributed by atoms with van der Waals surface area (Å²) >= 11 is 0. The van der Waals surface area contributed by atoms with E-state index < -0.39 is 35.2 Å². The summed E-state index contributed by atoms with van der Waals surface area (Å²) in [5.41, 5.74) is 1.37. The van der Waals surface area contributed by atoms with E-state index in [1.165, 1.54) is 6.92 Å². The Labute approximate surface area is 157 Å². The Bertz CT molecular complexity index is 1200. The quantitative estimate of drug-likeness (QED) is 0.479. The molecule has 0 aliphatic carbocycles. The number of para-hydroxylation sites is 1. The van der Waals surface area contributed by atoms with Crippen molar-refractivity contribution in [2.75, 3.05) is 5.32 Å². The highest BCUT2D eigenvalue weighted by Gasteiger charge is 2.20. The molecule has 4 rings (SSSR count). The molecule has 0 aliphatic rings. The summed E-state index contributed by atoms with van der Waals surface area (Å²) in [6.45, 7) is 1.47. The minimum absolute atomic E-state index is 0.437. The molecular formula is C21H15F3N2O2. The predicted octanol–water partition coefficient (Wildman–Crippen LogP) is 5.14. The first kappa shape index (κ1) is 17.9. The third-order valence-corrected chi connectivity index (χ3v) is 4.45. The fourth-order valence-electron chi connectivity index (χ4n) is 3.02. The number of aromatic nitrogens is 1. The maximum absolute atomic E-state index is 13.7. The first-order valence-electron chi connectivity index (χ1n) is 8.55. The molecule has 0 spiro atoms. The number of H-pyrrole nitrogens is 1. The van der Waals surface area contributed by atoms with E-state index in [0.29, 0.717) is 5.75 Å². The summed E-state index contributed by atoms with van der Waals surface area (Å²) in [7, 11) is 0. The van der Waals surface area contributed by atoms with Gasteiger partial charge in [-0.1, -0.05) is 18.2 Å². The van der Waals surface area contributed by atoms with E-state index in [9.17, 15) is 18.0 Å². The van der Waals surface area contributed by atoms with Crippen LogP contribution in [0.3, 0.4) is 0 Å². The molecule has 1 atom stereocenters. The first-order valence-corrected chi connectivity index (χ1v) is 8.55. The van der Waals surface area contributed by atoms with E-state index in [1.54, 1.807) is 12.1 Å². The van der Waals surface area contributed by atoms with Crippen LogP contribution in [0.4, 0.5) is 18.9 Å². The number of anilines is 1. The van der Waals surface area contributed by atoms with Crippen LogP contribution in [0.1, 0.15) is 6.92 Å². The zero-order valence-electron chi connectivity index (χ0n) is 14.7. The molecule has 4 aromatic rings. The number of nitrogens with one attached hydrogen (secondary N) is 2. The summed E-state index contributed by atoms with van der Waals surface area (Å²) in [4.78, 5) is 15.5. The van der Waals surface area contributed by atoms with Crippen LogP contribution in [-0.2, 0) is 4.79 Å². The number of amides is 1. The van der Waals surface area contributed by atoms with Crippen molar-refractivity contribution in [3.63, 3.8) is 0 Å². The smallest absolute Gasteiger partial charge is 0.265 e. The molecular weight excluding hydrogens is 369 g/mol. The van der Waals surface area contributed by atoms with E-state index in [0.717, 1.165) is 33.9 Å². The molecule has 28 heavy (non-hydrogen) atoms. The Kier molecular flexibility index (Phi) is 4.43. The molecule has 3 aromatic carbocycles. The Balaban J connectivity index is 1.52. The molecule has 0 bridgehead atoms. The van der Waals surface area contributed by atoms with E-state index in [4.69, 9.17) is 4.74 Å². The maximum Gasteiger partial charge on any atom is 0.265 e. The van der Waals surface area contributed by atoms with E-state index >= 15 is 0 Å². The second kappa shape index (κ2) is 6.92. The predicted molar refractivity (Wildman–Crippen MR) is 101 cm³/mol. The van der Waals surface area contributed by atoms with Crippen molar-refractivity contribution in [3.8, 4) is 5.75 Å². The second-order valence-electron chi connectivity index (χ2n) is 6.35. The van der Waals surface area contributed by atoms with Crippen molar-refractivity contribution in [1.29, 1.82) is 0 Å². The Morgan fingerprint density at radius 2 is 1.71 bits per heavy atom. The van der Waals surface area contributed by atoms with Gasteiger partial charge in [-0.05, 0) is 37.3 Å². The molecule has 0 unspecified atom stereocenters. The molecule has 0 saturated carbocycles. The standard InChI is InChI=1S/C21H15F3N2O2/c1-11(21(27)26-17-9-8-15(22)19(23)20(17)24)28-12-6-7-14-13-4-2-3-5-16(13)25-18(14)10-12/h2-11,25H,1H3,(H,26,27)/t11-/m1/s1. The van der Waals surface area contributed by atoms with E-state index in [2.05, 4.69) is 10.3 Å². The third-order valence-electron chi connectivity index (χ3n) is 4.45. The Morgan fingerprint density at radius 1 is 0.964 bits per heavy atom. The van der Waals surface area contributed by atoms with Gasteiger partial charge in [0.25, 0.3) is 5.91 Å². The van der Waals surface area contributed by atoms with Gasteiger partial charge in [0.15, 0.2) is 23.6 Å². The minimum Gasteiger partial charge on any atom is -0.481 e. The number of hydrogen-bond acceptors (Lipinski definition) is 2. The van der Waals surface area contributed by atoms with Crippen LogP contribution in [0.2, 0.25) is 0 Å². The average Bonchev–Trinajstić information content (AvgIpc) is 3.06. The summed E-state index contributed by atoms with van der Waals surface area (Å²) in [6.07, 6.45) is -0.991. The van der Waals surface area contributed by atoms with Gasteiger partial charge in [-0.25, -0.2) is 13.2 Å². The monoisotopic (exact) mass is 384 g/mol. The van der Waals surface area contributed by atoms with Gasteiger partial charge in [0.1, 0.15) is 5.75 Å². The maximum atomic E-state index is 13.7. The third kappa shape index (κ3) is 3.15. The highest BCUT2D eigenvalue weighted by atomic mass is 19.2. The summed E-state index contributed by atoms with van der Waals surface area (Å²) in [5, 5.41) is 4.29. The van der Waals surface area contributed by atoms with Crippen molar-refractivity contribution in [1.82, 2.24) is 4.98 Å². The lowest BCUT2D eigenvalue weighted by molar-refractivity contribution is -0.122. The Morgan fingerprint density at radius 3 is 2.54 bits per heavy atom. The number of carbonyl (C=O) groups is 1. The van der Waals surface area contributed by atoms with Crippen LogP contribution in [-0.4, -0.2) is 17.0 Å². The largest absolute Gasteiger partial charge is 0.481 e. The van der Waals surface area contributed by atoms with Crippen LogP contribution in [0.25, 0.3) is 21.8 Å². The SMILES string of the molecule is C[C@@H](Oc1ccc2c(c1)[nH]c1ccccc12)C(=O)Nc1ccc(F)c(F)c1F. The van der Waals surface area contributed by atoms with Crippen LogP contribution >= 0.6 is 0 Å². The fraction of sp³-hybridized carbons (Fsp3) is 0.0952. The van der Waals surface area contributed by atoms with Gasteiger partial charge in [0.2, 0.25) is 0 Å². The molecule has 0 saturated heterocycles. The van der Waals surface area contributed by atoms with E-state index in [-0.39, 0.29) is 0 Å². The van der Waals surface area contributed by atoms with Gasteiger partial charge in [-0.15, -0.1) is 0 Å².